The summed E-state index contributed by atoms with van der Waals surface area (Å²) >= 11 is 0. The van der Waals surface area contributed by atoms with Crippen molar-refractivity contribution in [1.82, 2.24) is 0 Å². The Morgan fingerprint density at radius 2 is 1.80 bits per heavy atom. The van der Waals surface area contributed by atoms with Crippen molar-refractivity contribution >= 4 is 0 Å². The predicted molar refractivity (Wildman–Crippen MR) is 63.6 cm³/mol. The second-order valence-electron chi connectivity index (χ2n) is 4.80. The average Bonchev–Trinajstić information content (AvgIpc) is 2.89. The van der Waals surface area contributed by atoms with Crippen LogP contribution in [0.15, 0.2) is 54.6 Å². The van der Waals surface area contributed by atoms with Crippen molar-refractivity contribution in [2.75, 3.05) is 0 Å². The Labute approximate surface area is 91.3 Å². The first-order chi connectivity index (χ1) is 7.36. The lowest BCUT2D eigenvalue weighted by molar-refractivity contribution is 0.444. The van der Waals surface area contributed by atoms with Gasteiger partial charge in [0.05, 0.1) is 0 Å². The van der Waals surface area contributed by atoms with E-state index in [9.17, 15) is 0 Å². The first-order valence-corrected chi connectivity index (χ1v) is 5.79. The molecule has 0 heterocycles. The fourth-order valence-electron chi connectivity index (χ4n) is 2.75. The number of hydrogen-bond acceptors (Lipinski definition) is 0. The summed E-state index contributed by atoms with van der Waals surface area (Å²) < 4.78 is 0. The molecule has 2 bridgehead atoms. The number of allylic oxidation sites excluding steroid dienone is 4. The van der Waals surface area contributed by atoms with Crippen molar-refractivity contribution in [2.24, 2.45) is 11.3 Å². The second kappa shape index (κ2) is 3.37. The van der Waals surface area contributed by atoms with Gasteiger partial charge in [-0.3, -0.25) is 0 Å². The molecule has 1 aromatic rings. The molecule has 0 saturated carbocycles. The number of benzene rings is 1. The lowest BCUT2D eigenvalue weighted by atomic mass is 9.84. The highest BCUT2D eigenvalue weighted by Gasteiger charge is 2.35. The van der Waals surface area contributed by atoms with Gasteiger partial charge in [-0.2, -0.15) is 0 Å². The average molecular weight is 196 g/mol. The van der Waals surface area contributed by atoms with Crippen LogP contribution < -0.4 is 0 Å². The van der Waals surface area contributed by atoms with Gasteiger partial charge < -0.3 is 0 Å². The van der Waals surface area contributed by atoms with Crippen molar-refractivity contribution in [1.29, 1.82) is 0 Å². The zero-order valence-corrected chi connectivity index (χ0v) is 8.89. The van der Waals surface area contributed by atoms with Gasteiger partial charge in [-0.25, -0.2) is 0 Å². The van der Waals surface area contributed by atoms with Gasteiger partial charge in [0.25, 0.3) is 0 Å². The third-order valence-corrected chi connectivity index (χ3v) is 3.69. The third-order valence-electron chi connectivity index (χ3n) is 3.69. The van der Waals surface area contributed by atoms with E-state index < -0.39 is 0 Å². The standard InChI is InChI=1S/C15H16/c1-2-4-13(5-3-1)6-9-15-10-7-14(12-15)8-11-15/h1-5,7-8,10-11,14H,6,9,12H2. The van der Waals surface area contributed by atoms with Gasteiger partial charge in [0.1, 0.15) is 0 Å². The molecule has 0 N–H and O–H groups in total. The van der Waals surface area contributed by atoms with Crippen molar-refractivity contribution in [3.8, 4) is 0 Å². The second-order valence-corrected chi connectivity index (χ2v) is 4.80. The minimum Gasteiger partial charge on any atom is -0.0807 e. The molecule has 0 heteroatoms. The molecule has 0 spiro atoms. The maximum atomic E-state index is 2.42. The monoisotopic (exact) mass is 196 g/mol. The molecule has 0 aliphatic heterocycles. The van der Waals surface area contributed by atoms with Gasteiger partial charge in [0.15, 0.2) is 0 Å². The van der Waals surface area contributed by atoms with Gasteiger partial charge in [-0.05, 0) is 30.7 Å². The molecule has 2 aliphatic carbocycles. The molecular weight excluding hydrogens is 180 g/mol. The van der Waals surface area contributed by atoms with E-state index in [2.05, 4.69) is 54.6 Å². The van der Waals surface area contributed by atoms with Crippen LogP contribution in [0, 0.1) is 11.3 Å². The fourth-order valence-corrected chi connectivity index (χ4v) is 2.75. The molecule has 0 atom stereocenters. The molecule has 0 nitrogen and oxygen atoms in total. The van der Waals surface area contributed by atoms with Crippen LogP contribution in [0.3, 0.4) is 0 Å². The van der Waals surface area contributed by atoms with Crippen molar-refractivity contribution in [3.63, 3.8) is 0 Å². The quantitative estimate of drug-likeness (QED) is 0.646. The Kier molecular flexibility index (Phi) is 2.02. The van der Waals surface area contributed by atoms with Gasteiger partial charge in [0, 0.05) is 5.41 Å². The Bertz CT molecular complexity index is 383. The lowest BCUT2D eigenvalue weighted by Crippen LogP contribution is -2.10. The Morgan fingerprint density at radius 1 is 1.07 bits per heavy atom. The lowest BCUT2D eigenvalue weighted by Gasteiger charge is -2.20. The van der Waals surface area contributed by atoms with E-state index in [0.29, 0.717) is 5.41 Å². The van der Waals surface area contributed by atoms with E-state index in [0.717, 1.165) is 5.92 Å². The van der Waals surface area contributed by atoms with Gasteiger partial charge in [-0.15, -0.1) is 0 Å². The summed E-state index contributed by atoms with van der Waals surface area (Å²) in [4.78, 5) is 0. The largest absolute Gasteiger partial charge is 0.0807 e. The summed E-state index contributed by atoms with van der Waals surface area (Å²) in [7, 11) is 0. The summed E-state index contributed by atoms with van der Waals surface area (Å²) in [6.07, 6.45) is 13.3. The van der Waals surface area contributed by atoms with E-state index in [4.69, 9.17) is 0 Å². The molecule has 0 amide bonds. The predicted octanol–water partition coefficient (Wildman–Crippen LogP) is 3.75. The highest BCUT2D eigenvalue weighted by atomic mass is 14.4. The highest BCUT2D eigenvalue weighted by Crippen LogP contribution is 2.46. The maximum absolute atomic E-state index is 2.42. The minimum absolute atomic E-state index is 0.403. The molecule has 15 heavy (non-hydrogen) atoms. The van der Waals surface area contributed by atoms with Crippen molar-refractivity contribution < 1.29 is 0 Å². The van der Waals surface area contributed by atoms with Crippen LogP contribution in [0.5, 0.6) is 0 Å². The van der Waals surface area contributed by atoms with Gasteiger partial charge >= 0.3 is 0 Å². The molecule has 0 fully saturated rings. The molecule has 1 aromatic carbocycles. The van der Waals surface area contributed by atoms with Crippen LogP contribution in [-0.4, -0.2) is 0 Å². The highest BCUT2D eigenvalue weighted by molar-refractivity contribution is 5.29. The van der Waals surface area contributed by atoms with Gasteiger partial charge in [-0.1, -0.05) is 54.6 Å². The van der Waals surface area contributed by atoms with Crippen LogP contribution >= 0.6 is 0 Å². The number of rotatable bonds is 3. The van der Waals surface area contributed by atoms with E-state index >= 15 is 0 Å². The summed E-state index contributed by atoms with van der Waals surface area (Å²) in [6, 6.07) is 10.8. The van der Waals surface area contributed by atoms with E-state index in [1.54, 1.807) is 0 Å². The molecule has 76 valence electrons. The van der Waals surface area contributed by atoms with Crippen LogP contribution in [-0.2, 0) is 6.42 Å². The smallest absolute Gasteiger partial charge is 0.00731 e. The Hall–Kier alpha value is -1.30. The number of aryl methyl sites for hydroxylation is 1. The summed E-state index contributed by atoms with van der Waals surface area (Å²) in [5.41, 5.74) is 1.87. The SMILES string of the molecule is C1=CC2(CCc3ccccc3)C=CC1C2. The minimum atomic E-state index is 0.403. The Morgan fingerprint density at radius 3 is 2.40 bits per heavy atom. The zero-order valence-electron chi connectivity index (χ0n) is 8.89. The maximum Gasteiger partial charge on any atom is 0.00731 e. The van der Waals surface area contributed by atoms with E-state index in [-0.39, 0.29) is 0 Å². The van der Waals surface area contributed by atoms with E-state index in [1.165, 1.54) is 24.8 Å². The van der Waals surface area contributed by atoms with Crippen LogP contribution in [0.25, 0.3) is 0 Å². The molecule has 3 rings (SSSR count). The molecular formula is C15H16. The van der Waals surface area contributed by atoms with Crippen LogP contribution in [0.2, 0.25) is 0 Å². The number of hydrogen-bond donors (Lipinski definition) is 0. The molecule has 0 radical (unpaired) electrons. The topological polar surface area (TPSA) is 0 Å². The van der Waals surface area contributed by atoms with Crippen molar-refractivity contribution in [2.45, 2.75) is 19.3 Å². The van der Waals surface area contributed by atoms with E-state index in [1.807, 2.05) is 0 Å². The van der Waals surface area contributed by atoms with Crippen molar-refractivity contribution in [3.05, 3.63) is 60.2 Å². The summed E-state index contributed by atoms with van der Waals surface area (Å²) in [5.74, 6) is 0.737. The van der Waals surface area contributed by atoms with Crippen LogP contribution in [0.4, 0.5) is 0 Å². The molecule has 0 unspecified atom stereocenters. The molecule has 2 aliphatic rings. The summed E-state index contributed by atoms with van der Waals surface area (Å²) in [6.45, 7) is 0. The fraction of sp³-hybridized carbons (Fsp3) is 0.333. The third kappa shape index (κ3) is 1.65. The van der Waals surface area contributed by atoms with Crippen LogP contribution in [0.1, 0.15) is 18.4 Å². The zero-order chi connectivity index (χ0) is 10.1. The summed E-state index contributed by atoms with van der Waals surface area (Å²) in [5, 5.41) is 0. The first kappa shape index (κ1) is 8.96. The normalized spacial score (nSPS) is 31.3. The molecule has 0 saturated heterocycles. The number of fused-ring (bicyclic) bond motifs is 2. The van der Waals surface area contributed by atoms with Gasteiger partial charge in [0.2, 0.25) is 0 Å². The molecule has 0 aromatic heterocycles. The Balaban J connectivity index is 1.68. The first-order valence-electron chi connectivity index (χ1n) is 5.79.